The van der Waals surface area contributed by atoms with Gasteiger partial charge in [-0.25, -0.2) is 9.59 Å². The van der Waals surface area contributed by atoms with Gasteiger partial charge in [-0.1, -0.05) is 158 Å². The summed E-state index contributed by atoms with van der Waals surface area (Å²) >= 11 is 0. The third-order valence-corrected chi connectivity index (χ3v) is 21.5. The van der Waals surface area contributed by atoms with E-state index in [1.807, 2.05) is 215 Å². The van der Waals surface area contributed by atoms with Gasteiger partial charge in [0.2, 0.25) is 23.6 Å². The second-order valence-corrected chi connectivity index (χ2v) is 28.1. The third kappa shape index (κ3) is 20.8. The van der Waals surface area contributed by atoms with Crippen LogP contribution in [0.1, 0.15) is 141 Å². The first-order chi connectivity index (χ1) is 53.0. The summed E-state index contributed by atoms with van der Waals surface area (Å²) in [5.41, 5.74) is 5.08. The van der Waals surface area contributed by atoms with Gasteiger partial charge in [-0.3, -0.25) is 23.7 Å². The average Bonchev–Trinajstić information content (AvgIpc) is 0.730. The third-order valence-electron chi connectivity index (χ3n) is 19.4. The number of ether oxygens (including phenoxy) is 2. The first-order valence-corrected chi connectivity index (χ1v) is 39.9. The zero-order chi connectivity index (χ0) is 77.3. The van der Waals surface area contributed by atoms with Crippen LogP contribution in [0.3, 0.4) is 0 Å². The molecule has 0 aliphatic rings. The summed E-state index contributed by atoms with van der Waals surface area (Å²) in [7, 11) is -5.40. The van der Waals surface area contributed by atoms with E-state index in [1.165, 1.54) is 0 Å². The van der Waals surface area contributed by atoms with Gasteiger partial charge in [-0.05, 0) is 198 Å². The minimum absolute atomic E-state index is 0.0152. The number of carbonyl (C=O) groups excluding carboxylic acids is 6. The first-order valence-electron chi connectivity index (χ1n) is 37.7. The van der Waals surface area contributed by atoms with Crippen LogP contribution in [0.4, 0.5) is 0 Å². The van der Waals surface area contributed by atoms with Crippen molar-refractivity contribution in [3.05, 3.63) is 256 Å². The number of rotatable bonds is 38. The highest BCUT2D eigenvalue weighted by Gasteiger charge is 2.35. The molecule has 18 nitrogen and oxygen atoms in total. The Balaban J connectivity index is 1.23. The fourth-order valence-electron chi connectivity index (χ4n) is 13.2. The topological polar surface area (TPSA) is 189 Å². The predicted octanol–water partition coefficient (Wildman–Crippen LogP) is 19.6. The maximum absolute atomic E-state index is 16.0. The van der Waals surface area contributed by atoms with E-state index in [0.29, 0.717) is 160 Å². The summed E-state index contributed by atoms with van der Waals surface area (Å²) in [6.07, 6.45) is 1.94. The van der Waals surface area contributed by atoms with E-state index >= 15 is 9.59 Å². The van der Waals surface area contributed by atoms with Crippen LogP contribution in [-0.2, 0) is 56.0 Å². The lowest BCUT2D eigenvalue weighted by Gasteiger charge is -2.26. The van der Waals surface area contributed by atoms with E-state index in [0.717, 1.165) is 0 Å². The summed E-state index contributed by atoms with van der Waals surface area (Å²) in [4.78, 5) is 94.0. The molecule has 0 saturated carbocycles. The molecule has 10 aromatic carbocycles. The van der Waals surface area contributed by atoms with Gasteiger partial charge in [0, 0.05) is 94.7 Å². The van der Waals surface area contributed by atoms with Gasteiger partial charge in [0.25, 0.3) is 0 Å². The summed E-state index contributed by atoms with van der Waals surface area (Å²) in [5.74, 6) is 0.314. The summed E-state index contributed by atoms with van der Waals surface area (Å²) in [5, 5.41) is 2.30. The number of fused-ring (bicyclic) bond motifs is 2. The van der Waals surface area contributed by atoms with Crippen molar-refractivity contribution in [3.63, 3.8) is 0 Å². The lowest BCUT2D eigenvalue weighted by Crippen LogP contribution is -2.30. The molecule has 109 heavy (non-hydrogen) atoms. The molecule has 0 saturated heterocycles. The van der Waals surface area contributed by atoms with Crippen molar-refractivity contribution in [1.82, 2.24) is 19.6 Å². The van der Waals surface area contributed by atoms with Crippen molar-refractivity contribution in [2.75, 3.05) is 52.4 Å². The van der Waals surface area contributed by atoms with Crippen LogP contribution in [0.2, 0.25) is 0 Å². The van der Waals surface area contributed by atoms with Gasteiger partial charge in [0.15, 0.2) is 5.75 Å². The van der Waals surface area contributed by atoms with Crippen molar-refractivity contribution in [1.29, 1.82) is 0 Å². The molecule has 0 aromatic heterocycles. The Morgan fingerprint density at radius 3 is 0.972 bits per heavy atom. The van der Waals surface area contributed by atoms with Crippen molar-refractivity contribution in [3.8, 4) is 51.4 Å². The van der Waals surface area contributed by atoms with Crippen LogP contribution in [0.5, 0.6) is 40.2 Å². The molecule has 0 spiro atoms. The van der Waals surface area contributed by atoms with Crippen LogP contribution in [0.25, 0.3) is 32.7 Å². The Bertz CT molecular complexity index is 4650. The van der Waals surface area contributed by atoms with E-state index < -0.39 is 35.8 Å². The molecule has 568 valence electrons. The number of aryl methyl sites for hydroxylation is 6. The number of carbonyl (C=O) groups is 6. The van der Waals surface area contributed by atoms with Crippen LogP contribution in [0, 0.1) is 13.8 Å². The normalized spacial score (nSPS) is 11.2. The standard InChI is InChI=1S/C89H98N4O14P2/c1-11-90(12-2)81(94)55-51-64-37-23-31-47-77(64)103-108(104-78-48-32-24-38-65(78)52-56-82(95)91(13-3)14-4)100-61-74-72(88(98)101-75-45-29-19-35-62(75)9)59-68-41-21-27-43-70(68)85(74)86-71-44-28-22-42-69(71)60-73(89(99)102-76-46-30-20-36-63(76)10)87(86)107-109(105-79-49-33-25-39-66(79)53-57-83(96)92(15-5)16-6)106-80-50-34-26-40-67(80)54-58-84(97)93(17-7)18-8/h19-50,59-60H,11-18,51-58,61H2,1-10H3. The van der Waals surface area contributed by atoms with E-state index in [-0.39, 0.29) is 90.3 Å². The Morgan fingerprint density at radius 1 is 0.321 bits per heavy atom. The fraction of sp³-hybridized carbons (Fsp3) is 0.303. The molecule has 0 unspecified atom stereocenters. The zero-order valence-electron chi connectivity index (χ0n) is 64.0. The summed E-state index contributed by atoms with van der Waals surface area (Å²) < 4.78 is 56.4. The maximum atomic E-state index is 16.0. The summed E-state index contributed by atoms with van der Waals surface area (Å²) in [6, 6.07) is 62.5. The van der Waals surface area contributed by atoms with Gasteiger partial charge in [0.05, 0.1) is 12.2 Å². The number of para-hydroxylation sites is 6. The monoisotopic (exact) mass is 1510 g/mol. The Hall–Kier alpha value is -10.6. The van der Waals surface area contributed by atoms with E-state index in [4.69, 9.17) is 36.6 Å². The lowest BCUT2D eigenvalue weighted by atomic mass is 9.86. The maximum Gasteiger partial charge on any atom is 0.530 e. The minimum atomic E-state index is -2.80. The molecule has 0 aliphatic heterocycles. The number of esters is 2. The molecule has 4 amide bonds. The van der Waals surface area contributed by atoms with Crippen molar-refractivity contribution in [2.45, 2.75) is 127 Å². The molecule has 10 aromatic rings. The van der Waals surface area contributed by atoms with E-state index in [9.17, 15) is 19.2 Å². The lowest BCUT2D eigenvalue weighted by molar-refractivity contribution is -0.131. The first kappa shape index (κ1) is 80.9. The number of hydrogen-bond donors (Lipinski definition) is 0. The van der Waals surface area contributed by atoms with Crippen LogP contribution >= 0.6 is 17.2 Å². The molecule has 0 radical (unpaired) electrons. The SMILES string of the molecule is CCN(CC)C(=O)CCc1ccccc1OP(OCc1c(C(=O)Oc2ccccc2C)cc2ccccc2c1-c1c(OP(Oc2ccccc2CCC(=O)N(CC)CC)Oc2ccccc2CCC(=O)N(CC)CC)c(C(=O)Oc2ccccc2C)cc2ccccc12)Oc1ccccc1CCC(=O)N(CC)CC. The fourth-order valence-corrected chi connectivity index (χ4v) is 15.4. The number of benzene rings is 10. The highest BCUT2D eigenvalue weighted by atomic mass is 31.2. The number of hydrogen-bond acceptors (Lipinski definition) is 14. The highest BCUT2D eigenvalue weighted by Crippen LogP contribution is 2.54. The molecular weight excluding hydrogens is 1410 g/mol. The van der Waals surface area contributed by atoms with Crippen molar-refractivity contribution >= 4 is 74.3 Å². The largest absolute Gasteiger partial charge is 0.530 e. The van der Waals surface area contributed by atoms with Crippen molar-refractivity contribution in [2.24, 2.45) is 0 Å². The van der Waals surface area contributed by atoms with Gasteiger partial charge in [-0.15, -0.1) is 0 Å². The molecule has 0 atom stereocenters. The minimum Gasteiger partial charge on any atom is -0.423 e. The molecule has 10 rings (SSSR count). The quantitative estimate of drug-likeness (QED) is 0.0202. The predicted molar refractivity (Wildman–Crippen MR) is 432 cm³/mol. The van der Waals surface area contributed by atoms with Gasteiger partial charge >= 0.3 is 29.1 Å². The van der Waals surface area contributed by atoms with Gasteiger partial charge < -0.3 is 51.7 Å². The van der Waals surface area contributed by atoms with E-state index in [1.54, 1.807) is 80.3 Å². The Labute approximate surface area is 643 Å². The van der Waals surface area contributed by atoms with Crippen LogP contribution in [-0.4, -0.2) is 108 Å². The number of amides is 4. The zero-order valence-corrected chi connectivity index (χ0v) is 65.8. The molecular formula is C89H98N4O14P2. The van der Waals surface area contributed by atoms with Gasteiger partial charge in [0.1, 0.15) is 40.1 Å². The van der Waals surface area contributed by atoms with Crippen LogP contribution < -0.4 is 32.1 Å². The summed E-state index contributed by atoms with van der Waals surface area (Å²) in [6.45, 7) is 23.2. The Morgan fingerprint density at radius 2 is 0.615 bits per heavy atom. The van der Waals surface area contributed by atoms with Crippen molar-refractivity contribution < 1.29 is 65.4 Å². The molecule has 20 heteroatoms. The average molecular weight is 1510 g/mol. The number of nitrogens with zero attached hydrogens (tertiary/aromatic N) is 4. The Kier molecular flexibility index (Phi) is 29.7. The second-order valence-electron chi connectivity index (χ2n) is 26.0. The second kappa shape index (κ2) is 40.0. The smallest absolute Gasteiger partial charge is 0.423 e. The molecule has 0 bridgehead atoms. The van der Waals surface area contributed by atoms with E-state index in [2.05, 4.69) is 0 Å². The molecule has 0 fully saturated rings. The molecule has 0 heterocycles. The molecule has 0 N–H and O–H groups in total. The van der Waals surface area contributed by atoms with Crippen LogP contribution in [0.15, 0.2) is 206 Å². The molecule has 0 aliphatic carbocycles. The highest BCUT2D eigenvalue weighted by molar-refractivity contribution is 7.43. The van der Waals surface area contributed by atoms with Gasteiger partial charge in [-0.2, -0.15) is 0 Å².